The summed E-state index contributed by atoms with van der Waals surface area (Å²) < 4.78 is 25.4. The van der Waals surface area contributed by atoms with Crippen LogP contribution in [0.3, 0.4) is 0 Å². The van der Waals surface area contributed by atoms with Gasteiger partial charge in [-0.3, -0.25) is 4.72 Å². The zero-order valence-electron chi connectivity index (χ0n) is 26.9. The van der Waals surface area contributed by atoms with E-state index in [-0.39, 0.29) is 11.9 Å². The molecule has 9 heteroatoms. The number of rotatable bonds is 14. The summed E-state index contributed by atoms with van der Waals surface area (Å²) in [5.41, 5.74) is 9.63. The fourth-order valence-electron chi connectivity index (χ4n) is 5.82. The van der Waals surface area contributed by atoms with Crippen LogP contribution in [0.1, 0.15) is 61.8 Å². The van der Waals surface area contributed by atoms with Crippen molar-refractivity contribution < 1.29 is 13.2 Å². The van der Waals surface area contributed by atoms with Crippen molar-refractivity contribution in [3.05, 3.63) is 82.9 Å². The molecule has 4 N–H and O–H groups in total. The maximum Gasteiger partial charge on any atom is 0.321 e. The molecule has 0 bridgehead atoms. The summed E-state index contributed by atoms with van der Waals surface area (Å²) in [4.78, 5) is 18.3. The highest BCUT2D eigenvalue weighted by atomic mass is 32.2. The highest BCUT2D eigenvalue weighted by Crippen LogP contribution is 2.37. The molecule has 2 amide bonds. The summed E-state index contributed by atoms with van der Waals surface area (Å²) in [6.45, 7) is 13.5. The molecule has 1 aromatic heterocycles. The van der Waals surface area contributed by atoms with Gasteiger partial charge in [0.05, 0.1) is 11.9 Å². The number of aromatic nitrogens is 1. The van der Waals surface area contributed by atoms with Gasteiger partial charge < -0.3 is 20.5 Å². The Kier molecular flexibility index (Phi) is 11.1. The minimum absolute atomic E-state index is 0.0859. The number of sulfonamides is 1. The SMILES string of the molecule is CCN(CC)C(=O)Nc1ccc2[nH]c(-c3cc(C)cc(C)c3)c(C(C)CNCCCCc3ccc(NS(C)(=O)=O)cc3)c2c1. The Balaban J connectivity index is 1.45. The van der Waals surface area contributed by atoms with Crippen molar-refractivity contribution in [2.75, 3.05) is 42.5 Å². The lowest BCUT2D eigenvalue weighted by Crippen LogP contribution is -2.34. The monoisotopic (exact) mass is 617 g/mol. The van der Waals surface area contributed by atoms with E-state index in [1.54, 1.807) is 4.90 Å². The van der Waals surface area contributed by atoms with Crippen LogP contribution in [0.4, 0.5) is 16.2 Å². The summed E-state index contributed by atoms with van der Waals surface area (Å²) in [7, 11) is -3.27. The molecule has 1 atom stereocenters. The van der Waals surface area contributed by atoms with Gasteiger partial charge in [-0.15, -0.1) is 0 Å². The van der Waals surface area contributed by atoms with Crippen molar-refractivity contribution in [2.45, 2.75) is 59.8 Å². The standard InChI is InChI=1S/C35H47N5O3S/c1-7-40(8-2)35(41)37-30-16-17-32-31(22-30)33(34(38-32)28-20-24(3)19-25(4)21-28)26(5)23-36-18-10-9-11-27-12-14-29(15-13-27)39-44(6,42)43/h12-17,19-22,26,36,38-39H,7-11,18,23H2,1-6H3,(H,37,41). The Hall–Kier alpha value is -3.82. The van der Waals surface area contributed by atoms with Crippen molar-refractivity contribution in [3.8, 4) is 11.3 Å². The van der Waals surface area contributed by atoms with Crippen LogP contribution in [0.25, 0.3) is 22.2 Å². The molecular weight excluding hydrogens is 570 g/mol. The molecule has 0 aliphatic heterocycles. The quantitative estimate of drug-likeness (QED) is 0.111. The molecule has 8 nitrogen and oxygen atoms in total. The van der Waals surface area contributed by atoms with Crippen molar-refractivity contribution in [1.29, 1.82) is 0 Å². The number of H-pyrrole nitrogens is 1. The number of hydrogen-bond donors (Lipinski definition) is 4. The summed E-state index contributed by atoms with van der Waals surface area (Å²) in [6, 6.07) is 20.3. The zero-order valence-corrected chi connectivity index (χ0v) is 27.7. The van der Waals surface area contributed by atoms with Crippen LogP contribution in [0.15, 0.2) is 60.7 Å². The summed E-state index contributed by atoms with van der Waals surface area (Å²) in [6.07, 6.45) is 4.17. The summed E-state index contributed by atoms with van der Waals surface area (Å²) in [5, 5.41) is 7.88. The van der Waals surface area contributed by atoms with Gasteiger partial charge in [-0.25, -0.2) is 13.2 Å². The van der Waals surface area contributed by atoms with E-state index in [4.69, 9.17) is 0 Å². The Bertz CT molecular complexity index is 1650. The van der Waals surface area contributed by atoms with E-state index >= 15 is 0 Å². The second kappa shape index (κ2) is 14.8. The Labute approximate surface area is 262 Å². The summed E-state index contributed by atoms with van der Waals surface area (Å²) >= 11 is 0. The number of nitrogens with zero attached hydrogens (tertiary/aromatic N) is 1. The van der Waals surface area contributed by atoms with E-state index in [0.29, 0.717) is 18.8 Å². The molecular formula is C35H47N5O3S. The van der Waals surface area contributed by atoms with Gasteiger partial charge in [0.25, 0.3) is 0 Å². The lowest BCUT2D eigenvalue weighted by molar-refractivity contribution is 0.217. The molecule has 4 rings (SSSR count). The van der Waals surface area contributed by atoms with Crippen molar-refractivity contribution >= 4 is 38.3 Å². The largest absolute Gasteiger partial charge is 0.354 e. The van der Waals surface area contributed by atoms with E-state index in [1.165, 1.54) is 27.8 Å². The fourth-order valence-corrected chi connectivity index (χ4v) is 6.38. The molecule has 0 aliphatic carbocycles. The average Bonchev–Trinajstić information content (AvgIpc) is 3.34. The number of urea groups is 1. The highest BCUT2D eigenvalue weighted by molar-refractivity contribution is 7.92. The Morgan fingerprint density at radius 2 is 1.57 bits per heavy atom. The number of nitrogens with one attached hydrogen (secondary N) is 4. The molecule has 4 aromatic rings. The van der Waals surface area contributed by atoms with E-state index in [1.807, 2.05) is 44.2 Å². The van der Waals surface area contributed by atoms with E-state index in [2.05, 4.69) is 71.4 Å². The van der Waals surface area contributed by atoms with Gasteiger partial charge in [0.2, 0.25) is 10.0 Å². The van der Waals surface area contributed by atoms with Crippen molar-refractivity contribution in [2.24, 2.45) is 0 Å². The molecule has 0 spiro atoms. The molecule has 236 valence electrons. The van der Waals surface area contributed by atoms with Gasteiger partial charge in [-0.05, 0) is 119 Å². The van der Waals surface area contributed by atoms with Gasteiger partial charge >= 0.3 is 6.03 Å². The molecule has 0 fully saturated rings. The first-order valence-corrected chi connectivity index (χ1v) is 17.4. The normalized spacial score (nSPS) is 12.3. The van der Waals surface area contributed by atoms with Crippen LogP contribution in [0, 0.1) is 13.8 Å². The van der Waals surface area contributed by atoms with Crippen molar-refractivity contribution in [3.63, 3.8) is 0 Å². The number of carbonyl (C=O) groups excluding carboxylic acids is 1. The van der Waals surface area contributed by atoms with Crippen molar-refractivity contribution in [1.82, 2.24) is 15.2 Å². The van der Waals surface area contributed by atoms with Crippen LogP contribution >= 0.6 is 0 Å². The number of aromatic amines is 1. The Morgan fingerprint density at radius 3 is 2.20 bits per heavy atom. The van der Waals surface area contributed by atoms with Crippen LogP contribution in [0.2, 0.25) is 0 Å². The first kappa shape index (κ1) is 33.1. The van der Waals surface area contributed by atoms with Gasteiger partial charge in [0.1, 0.15) is 0 Å². The number of unbranched alkanes of at least 4 members (excludes halogenated alkanes) is 1. The van der Waals surface area contributed by atoms with Crippen LogP contribution in [-0.2, 0) is 16.4 Å². The number of aryl methyl sites for hydroxylation is 3. The molecule has 44 heavy (non-hydrogen) atoms. The molecule has 0 aliphatic rings. The molecule has 0 saturated heterocycles. The fraction of sp³-hybridized carbons (Fsp3) is 0.400. The average molecular weight is 618 g/mol. The molecule has 0 radical (unpaired) electrons. The van der Waals surface area contributed by atoms with E-state index in [9.17, 15) is 13.2 Å². The third kappa shape index (κ3) is 8.86. The molecule has 0 saturated carbocycles. The number of anilines is 2. The first-order chi connectivity index (χ1) is 21.0. The van der Waals surface area contributed by atoms with Gasteiger partial charge in [-0.2, -0.15) is 0 Å². The number of benzene rings is 3. The van der Waals surface area contributed by atoms with E-state index < -0.39 is 10.0 Å². The van der Waals surface area contributed by atoms with Crippen LogP contribution in [-0.4, -0.2) is 56.8 Å². The van der Waals surface area contributed by atoms with E-state index in [0.717, 1.165) is 60.9 Å². The third-order valence-corrected chi connectivity index (χ3v) is 8.53. The number of carbonyl (C=O) groups is 1. The minimum Gasteiger partial charge on any atom is -0.354 e. The second-order valence-corrected chi connectivity index (χ2v) is 13.5. The molecule has 1 unspecified atom stereocenters. The molecule has 3 aromatic carbocycles. The zero-order chi connectivity index (χ0) is 31.9. The van der Waals surface area contributed by atoms with Gasteiger partial charge in [0, 0.05) is 41.9 Å². The van der Waals surface area contributed by atoms with Crippen LogP contribution < -0.4 is 15.4 Å². The lowest BCUT2D eigenvalue weighted by atomic mass is 9.93. The number of amides is 2. The lowest BCUT2D eigenvalue weighted by Gasteiger charge is -2.19. The summed E-state index contributed by atoms with van der Waals surface area (Å²) in [5.74, 6) is 0.225. The Morgan fingerprint density at radius 1 is 0.909 bits per heavy atom. The topological polar surface area (TPSA) is 106 Å². The first-order valence-electron chi connectivity index (χ1n) is 15.5. The highest BCUT2D eigenvalue weighted by Gasteiger charge is 2.20. The maximum absolute atomic E-state index is 12.8. The smallest absolute Gasteiger partial charge is 0.321 e. The number of fused-ring (bicyclic) bond motifs is 1. The molecule has 1 heterocycles. The minimum atomic E-state index is -3.27. The van der Waals surface area contributed by atoms with Gasteiger partial charge in [0.15, 0.2) is 0 Å². The van der Waals surface area contributed by atoms with Crippen LogP contribution in [0.5, 0.6) is 0 Å². The third-order valence-electron chi connectivity index (χ3n) is 7.92. The predicted octanol–water partition coefficient (Wildman–Crippen LogP) is 7.41. The maximum atomic E-state index is 12.8. The second-order valence-electron chi connectivity index (χ2n) is 11.8. The van der Waals surface area contributed by atoms with Gasteiger partial charge in [-0.1, -0.05) is 36.2 Å². The number of hydrogen-bond acceptors (Lipinski definition) is 4. The predicted molar refractivity (Wildman–Crippen MR) is 184 cm³/mol.